The van der Waals surface area contributed by atoms with Crippen LogP contribution in [0.15, 0.2) is 54.3 Å². The van der Waals surface area contributed by atoms with Gasteiger partial charge in [0.2, 0.25) is 0 Å². The molecule has 0 bridgehead atoms. The van der Waals surface area contributed by atoms with E-state index in [-0.39, 0.29) is 5.91 Å². The third-order valence-electron chi connectivity index (χ3n) is 2.75. The van der Waals surface area contributed by atoms with Crippen LogP contribution in [0, 0.1) is 0 Å². The third-order valence-corrected chi connectivity index (χ3v) is 3.62. The van der Waals surface area contributed by atoms with Gasteiger partial charge >= 0.3 is 0 Å². The highest BCUT2D eigenvalue weighted by Gasteiger charge is 2.06. The number of nitrogens with zero attached hydrogens (tertiary/aromatic N) is 3. The predicted molar refractivity (Wildman–Crippen MR) is 76.8 cm³/mol. The average molecular weight is 284 g/mol. The lowest BCUT2D eigenvalue weighted by molar-refractivity contribution is 0.0955. The van der Waals surface area contributed by atoms with Gasteiger partial charge < -0.3 is 5.32 Å². The Hall–Kier alpha value is -2.47. The summed E-state index contributed by atoms with van der Waals surface area (Å²) in [5.74, 6) is 0.676. The second-order valence-electron chi connectivity index (χ2n) is 4.13. The number of rotatable bonds is 4. The zero-order valence-electron chi connectivity index (χ0n) is 10.6. The van der Waals surface area contributed by atoms with Gasteiger partial charge in [-0.3, -0.25) is 4.79 Å². The Labute approximate surface area is 119 Å². The van der Waals surface area contributed by atoms with E-state index in [0.29, 0.717) is 11.4 Å². The number of carbonyl (C=O) groups excluding carboxylic acids is 1. The van der Waals surface area contributed by atoms with Crippen LogP contribution in [0.25, 0.3) is 5.82 Å². The van der Waals surface area contributed by atoms with Crippen molar-refractivity contribution in [3.8, 4) is 5.82 Å². The van der Waals surface area contributed by atoms with Crippen molar-refractivity contribution in [3.63, 3.8) is 0 Å². The molecule has 5 nitrogen and oxygen atoms in total. The summed E-state index contributed by atoms with van der Waals surface area (Å²) >= 11 is 1.43. The van der Waals surface area contributed by atoms with Crippen molar-refractivity contribution in [1.82, 2.24) is 20.1 Å². The number of nitrogens with one attached hydrogen (secondary N) is 1. The Morgan fingerprint density at radius 1 is 1.30 bits per heavy atom. The van der Waals surface area contributed by atoms with Gasteiger partial charge in [-0.2, -0.15) is 5.10 Å². The van der Waals surface area contributed by atoms with Gasteiger partial charge in [0.05, 0.1) is 4.88 Å². The van der Waals surface area contributed by atoms with E-state index in [4.69, 9.17) is 0 Å². The minimum absolute atomic E-state index is 0.0579. The highest BCUT2D eigenvalue weighted by Crippen LogP contribution is 2.09. The van der Waals surface area contributed by atoms with Gasteiger partial charge in [0, 0.05) is 25.1 Å². The molecule has 0 radical (unpaired) electrons. The fraction of sp³-hybridized carbons (Fsp3) is 0.0714. The topological polar surface area (TPSA) is 59.8 Å². The Kier molecular flexibility index (Phi) is 3.56. The van der Waals surface area contributed by atoms with Crippen LogP contribution in [0.3, 0.4) is 0 Å². The minimum Gasteiger partial charge on any atom is -0.347 e. The quantitative estimate of drug-likeness (QED) is 0.799. The molecule has 0 saturated heterocycles. The summed E-state index contributed by atoms with van der Waals surface area (Å²) in [5, 5.41) is 8.91. The maximum absolute atomic E-state index is 11.9. The summed E-state index contributed by atoms with van der Waals surface area (Å²) in [6, 6.07) is 9.29. The van der Waals surface area contributed by atoms with Crippen LogP contribution in [-0.2, 0) is 6.54 Å². The molecule has 0 aliphatic rings. The van der Waals surface area contributed by atoms with Gasteiger partial charge in [0.25, 0.3) is 5.91 Å². The number of hydrogen-bond acceptors (Lipinski definition) is 4. The predicted octanol–water partition coefficient (Wildman–Crippen LogP) is 2.26. The standard InChI is InChI=1S/C14H12N4OS/c19-14(12-3-1-8-20-12)16-10-11-4-6-15-13(9-11)18-7-2-5-17-18/h1-9H,10H2,(H,16,19). The molecule has 0 aromatic carbocycles. The molecule has 1 N–H and O–H groups in total. The van der Waals surface area contributed by atoms with Crippen molar-refractivity contribution < 1.29 is 4.79 Å². The van der Waals surface area contributed by atoms with Gasteiger partial charge in [-0.15, -0.1) is 11.3 Å². The normalized spacial score (nSPS) is 10.4. The van der Waals surface area contributed by atoms with Crippen molar-refractivity contribution in [1.29, 1.82) is 0 Å². The van der Waals surface area contributed by atoms with Crippen LogP contribution in [0.4, 0.5) is 0 Å². The van der Waals surface area contributed by atoms with Crippen LogP contribution in [0.1, 0.15) is 15.2 Å². The highest BCUT2D eigenvalue weighted by molar-refractivity contribution is 7.12. The summed E-state index contributed by atoms with van der Waals surface area (Å²) in [7, 11) is 0. The average Bonchev–Trinajstić information content (AvgIpc) is 3.17. The minimum atomic E-state index is -0.0579. The molecule has 0 atom stereocenters. The first kappa shape index (κ1) is 12.6. The molecular formula is C14H12N4OS. The van der Waals surface area contributed by atoms with Crippen LogP contribution in [-0.4, -0.2) is 20.7 Å². The fourth-order valence-electron chi connectivity index (χ4n) is 1.78. The fourth-order valence-corrected chi connectivity index (χ4v) is 2.42. The van der Waals surface area contributed by atoms with E-state index in [1.807, 2.05) is 41.9 Å². The van der Waals surface area contributed by atoms with E-state index >= 15 is 0 Å². The zero-order valence-corrected chi connectivity index (χ0v) is 11.4. The first-order chi connectivity index (χ1) is 9.83. The molecule has 0 saturated carbocycles. The first-order valence-corrected chi connectivity index (χ1v) is 6.97. The summed E-state index contributed by atoms with van der Waals surface area (Å²) in [6.45, 7) is 0.466. The van der Waals surface area contributed by atoms with Crippen molar-refractivity contribution in [3.05, 3.63) is 64.7 Å². The zero-order chi connectivity index (χ0) is 13.8. The van der Waals surface area contributed by atoms with E-state index in [2.05, 4.69) is 15.4 Å². The lowest BCUT2D eigenvalue weighted by Crippen LogP contribution is -2.21. The van der Waals surface area contributed by atoms with Crippen LogP contribution < -0.4 is 5.32 Å². The summed E-state index contributed by atoms with van der Waals surface area (Å²) in [5.41, 5.74) is 0.982. The number of carbonyl (C=O) groups is 1. The van der Waals surface area contributed by atoms with E-state index in [9.17, 15) is 4.79 Å². The van der Waals surface area contributed by atoms with Crippen LogP contribution >= 0.6 is 11.3 Å². The molecule has 0 aliphatic carbocycles. The summed E-state index contributed by atoms with van der Waals surface area (Å²) < 4.78 is 1.69. The smallest absolute Gasteiger partial charge is 0.261 e. The molecule has 0 aliphatic heterocycles. The summed E-state index contributed by atoms with van der Waals surface area (Å²) in [6.07, 6.45) is 5.24. The highest BCUT2D eigenvalue weighted by atomic mass is 32.1. The van der Waals surface area contributed by atoms with Gasteiger partial charge in [-0.05, 0) is 35.2 Å². The number of hydrogen-bond donors (Lipinski definition) is 1. The molecule has 6 heteroatoms. The first-order valence-electron chi connectivity index (χ1n) is 6.09. The number of thiophene rings is 1. The molecule has 1 amide bonds. The molecule has 20 heavy (non-hydrogen) atoms. The number of aromatic nitrogens is 3. The molecule has 3 rings (SSSR count). The van der Waals surface area contributed by atoms with E-state index < -0.39 is 0 Å². The third kappa shape index (κ3) is 2.75. The molecule has 3 aromatic heterocycles. The van der Waals surface area contributed by atoms with E-state index in [0.717, 1.165) is 11.4 Å². The molecule has 3 aromatic rings. The van der Waals surface area contributed by atoms with Crippen molar-refractivity contribution in [2.24, 2.45) is 0 Å². The summed E-state index contributed by atoms with van der Waals surface area (Å²) in [4.78, 5) is 16.8. The van der Waals surface area contributed by atoms with Crippen molar-refractivity contribution in [2.45, 2.75) is 6.54 Å². The lowest BCUT2D eigenvalue weighted by atomic mass is 10.2. The molecular weight excluding hydrogens is 272 g/mol. The maximum Gasteiger partial charge on any atom is 0.261 e. The van der Waals surface area contributed by atoms with E-state index in [1.165, 1.54) is 11.3 Å². The maximum atomic E-state index is 11.9. The lowest BCUT2D eigenvalue weighted by Gasteiger charge is -2.06. The monoisotopic (exact) mass is 284 g/mol. The van der Waals surface area contributed by atoms with Gasteiger partial charge in [-0.1, -0.05) is 6.07 Å². The Morgan fingerprint density at radius 3 is 3.00 bits per heavy atom. The van der Waals surface area contributed by atoms with E-state index in [1.54, 1.807) is 17.1 Å². The van der Waals surface area contributed by atoms with Crippen LogP contribution in [0.5, 0.6) is 0 Å². The van der Waals surface area contributed by atoms with Gasteiger partial charge in [0.15, 0.2) is 5.82 Å². The Balaban J connectivity index is 1.69. The second kappa shape index (κ2) is 5.66. The number of amides is 1. The molecule has 0 fully saturated rings. The van der Waals surface area contributed by atoms with Crippen molar-refractivity contribution in [2.75, 3.05) is 0 Å². The molecule has 100 valence electrons. The molecule has 3 heterocycles. The van der Waals surface area contributed by atoms with Crippen molar-refractivity contribution >= 4 is 17.2 Å². The van der Waals surface area contributed by atoms with Gasteiger partial charge in [-0.25, -0.2) is 9.67 Å². The second-order valence-corrected chi connectivity index (χ2v) is 5.08. The largest absolute Gasteiger partial charge is 0.347 e. The molecule has 0 spiro atoms. The Morgan fingerprint density at radius 2 is 2.25 bits per heavy atom. The Bertz CT molecular complexity index is 692. The van der Waals surface area contributed by atoms with Crippen LogP contribution in [0.2, 0.25) is 0 Å². The van der Waals surface area contributed by atoms with Gasteiger partial charge in [0.1, 0.15) is 0 Å². The SMILES string of the molecule is O=C(NCc1ccnc(-n2cccn2)c1)c1cccs1. The number of pyridine rings is 1. The molecule has 0 unspecified atom stereocenters.